The van der Waals surface area contributed by atoms with E-state index in [2.05, 4.69) is 10.2 Å². The maximum atomic E-state index is 12.0. The zero-order valence-electron chi connectivity index (χ0n) is 11.7. The molecule has 1 aromatic rings. The Morgan fingerprint density at radius 3 is 2.75 bits per heavy atom. The number of benzene rings is 1. The van der Waals surface area contributed by atoms with Crippen molar-refractivity contribution in [3.63, 3.8) is 0 Å². The first kappa shape index (κ1) is 15.1. The zero-order valence-corrected chi connectivity index (χ0v) is 12.5. The van der Waals surface area contributed by atoms with Crippen molar-refractivity contribution in [2.24, 2.45) is 0 Å². The molecule has 0 aromatic heterocycles. The Morgan fingerprint density at radius 2 is 2.05 bits per heavy atom. The van der Waals surface area contributed by atoms with Gasteiger partial charge in [0, 0.05) is 12.2 Å². The minimum atomic E-state index is -0.131. The first-order valence-corrected chi connectivity index (χ1v) is 7.60. The third-order valence-electron chi connectivity index (χ3n) is 3.62. The summed E-state index contributed by atoms with van der Waals surface area (Å²) in [5, 5.41) is 3.31. The summed E-state index contributed by atoms with van der Waals surface area (Å²) in [4.78, 5) is 14.4. The number of anilines is 1. The number of hydrogen-bond donors (Lipinski definition) is 2. The molecule has 1 heterocycles. The number of likely N-dealkylation sites (tertiary alicyclic amines) is 1. The average molecular weight is 296 g/mol. The van der Waals surface area contributed by atoms with E-state index in [-0.39, 0.29) is 5.91 Å². The van der Waals surface area contributed by atoms with Gasteiger partial charge in [-0.2, -0.15) is 0 Å². The Balaban J connectivity index is 1.72. The molecule has 0 bridgehead atoms. The number of nitrogens with two attached hydrogens (primary N) is 1. The highest BCUT2D eigenvalue weighted by molar-refractivity contribution is 6.34. The van der Waals surface area contributed by atoms with E-state index in [4.69, 9.17) is 17.3 Å². The molecule has 0 aliphatic carbocycles. The van der Waals surface area contributed by atoms with Gasteiger partial charge in [0.15, 0.2) is 0 Å². The van der Waals surface area contributed by atoms with Crippen LogP contribution in [0, 0.1) is 0 Å². The van der Waals surface area contributed by atoms with Gasteiger partial charge >= 0.3 is 0 Å². The molecule has 0 spiro atoms. The second-order valence-corrected chi connectivity index (χ2v) is 5.66. The van der Waals surface area contributed by atoms with Crippen LogP contribution in [0.25, 0.3) is 0 Å². The lowest BCUT2D eigenvalue weighted by molar-refractivity contribution is 0.0951. The molecule has 0 unspecified atom stereocenters. The third-order valence-corrected chi connectivity index (χ3v) is 3.94. The van der Waals surface area contributed by atoms with Crippen LogP contribution in [-0.2, 0) is 0 Å². The normalized spacial score (nSPS) is 16.1. The summed E-state index contributed by atoms with van der Waals surface area (Å²) >= 11 is 6.01. The number of nitrogen functional groups attached to an aromatic ring is 1. The van der Waals surface area contributed by atoms with Crippen LogP contribution in [0.15, 0.2) is 18.2 Å². The van der Waals surface area contributed by atoms with Crippen LogP contribution in [-0.4, -0.2) is 37.0 Å². The molecule has 1 fully saturated rings. The van der Waals surface area contributed by atoms with Crippen molar-refractivity contribution in [1.82, 2.24) is 10.2 Å². The molecule has 0 atom stereocenters. The molecule has 4 nitrogen and oxygen atoms in total. The molecule has 0 radical (unpaired) electrons. The highest BCUT2D eigenvalue weighted by Gasteiger charge is 2.11. The molecule has 20 heavy (non-hydrogen) atoms. The van der Waals surface area contributed by atoms with Gasteiger partial charge in [-0.1, -0.05) is 18.0 Å². The maximum absolute atomic E-state index is 12.0. The van der Waals surface area contributed by atoms with Gasteiger partial charge in [0.1, 0.15) is 0 Å². The minimum Gasteiger partial charge on any atom is -0.399 e. The number of carbonyl (C=O) groups excluding carboxylic acids is 1. The van der Waals surface area contributed by atoms with Crippen LogP contribution in [0.1, 0.15) is 36.0 Å². The highest BCUT2D eigenvalue weighted by Crippen LogP contribution is 2.18. The monoisotopic (exact) mass is 295 g/mol. The fraction of sp³-hybridized carbons (Fsp3) is 0.533. The predicted molar refractivity (Wildman–Crippen MR) is 83.1 cm³/mol. The fourth-order valence-corrected chi connectivity index (χ4v) is 2.77. The second-order valence-electron chi connectivity index (χ2n) is 5.25. The third kappa shape index (κ3) is 4.39. The second kappa shape index (κ2) is 7.50. The number of piperidine rings is 1. The van der Waals surface area contributed by atoms with E-state index < -0.39 is 0 Å². The molecule has 3 N–H and O–H groups in total. The van der Waals surface area contributed by atoms with Crippen molar-refractivity contribution >= 4 is 23.2 Å². The van der Waals surface area contributed by atoms with Gasteiger partial charge in [-0.15, -0.1) is 0 Å². The first-order valence-electron chi connectivity index (χ1n) is 7.22. The SMILES string of the molecule is Nc1ccc(C(=O)NCCCN2CCCCC2)c(Cl)c1. The fourth-order valence-electron chi connectivity index (χ4n) is 2.50. The van der Waals surface area contributed by atoms with Crippen molar-refractivity contribution in [2.75, 3.05) is 31.9 Å². The van der Waals surface area contributed by atoms with Crippen LogP contribution in [0.5, 0.6) is 0 Å². The maximum Gasteiger partial charge on any atom is 0.252 e. The highest BCUT2D eigenvalue weighted by atomic mass is 35.5. The van der Waals surface area contributed by atoms with Gasteiger partial charge in [0.25, 0.3) is 5.91 Å². The summed E-state index contributed by atoms with van der Waals surface area (Å²) in [6.07, 6.45) is 4.92. The zero-order chi connectivity index (χ0) is 14.4. The summed E-state index contributed by atoms with van der Waals surface area (Å²) < 4.78 is 0. The predicted octanol–water partition coefficient (Wildman–Crippen LogP) is 2.53. The lowest BCUT2D eigenvalue weighted by Gasteiger charge is -2.26. The molecule has 1 saturated heterocycles. The molecule has 1 aromatic carbocycles. The molecule has 1 aliphatic heterocycles. The van der Waals surface area contributed by atoms with E-state index >= 15 is 0 Å². The molecular formula is C15H22ClN3O. The molecule has 2 rings (SSSR count). The van der Waals surface area contributed by atoms with E-state index in [0.29, 0.717) is 22.8 Å². The van der Waals surface area contributed by atoms with Crippen molar-refractivity contribution in [3.8, 4) is 0 Å². The van der Waals surface area contributed by atoms with E-state index in [1.54, 1.807) is 18.2 Å². The molecule has 1 amide bonds. The molecule has 0 saturated carbocycles. The largest absolute Gasteiger partial charge is 0.399 e. The van der Waals surface area contributed by atoms with Gasteiger partial charge in [0.05, 0.1) is 10.6 Å². The van der Waals surface area contributed by atoms with Crippen molar-refractivity contribution in [1.29, 1.82) is 0 Å². The van der Waals surface area contributed by atoms with Crippen molar-refractivity contribution in [3.05, 3.63) is 28.8 Å². The number of amides is 1. The summed E-state index contributed by atoms with van der Waals surface area (Å²) in [5.41, 5.74) is 6.66. The van der Waals surface area contributed by atoms with Gasteiger partial charge in [0.2, 0.25) is 0 Å². The summed E-state index contributed by atoms with van der Waals surface area (Å²) in [5.74, 6) is -0.131. The van der Waals surface area contributed by atoms with E-state index in [0.717, 1.165) is 13.0 Å². The number of halogens is 1. The van der Waals surface area contributed by atoms with Crippen LogP contribution in [0.3, 0.4) is 0 Å². The van der Waals surface area contributed by atoms with Gasteiger partial charge in [-0.25, -0.2) is 0 Å². The lowest BCUT2D eigenvalue weighted by atomic mass is 10.1. The molecule has 5 heteroatoms. The Hall–Kier alpha value is -1.26. The van der Waals surface area contributed by atoms with E-state index in [1.807, 2.05) is 0 Å². The van der Waals surface area contributed by atoms with Gasteiger partial charge < -0.3 is 16.0 Å². The summed E-state index contributed by atoms with van der Waals surface area (Å²) in [6, 6.07) is 4.95. The number of rotatable bonds is 5. The van der Waals surface area contributed by atoms with E-state index in [9.17, 15) is 4.79 Å². The van der Waals surface area contributed by atoms with Crippen molar-refractivity contribution in [2.45, 2.75) is 25.7 Å². The van der Waals surface area contributed by atoms with Crippen molar-refractivity contribution < 1.29 is 4.79 Å². The van der Waals surface area contributed by atoms with Crippen LogP contribution < -0.4 is 11.1 Å². The standard InChI is InChI=1S/C15H22ClN3O/c16-14-11-12(17)5-6-13(14)15(20)18-7-4-10-19-8-2-1-3-9-19/h5-6,11H,1-4,7-10,17H2,(H,18,20). The Labute approximate surface area is 125 Å². The smallest absolute Gasteiger partial charge is 0.252 e. The van der Waals surface area contributed by atoms with Crippen LogP contribution in [0.2, 0.25) is 5.02 Å². The van der Waals surface area contributed by atoms with Gasteiger partial charge in [-0.05, 0) is 57.1 Å². The van der Waals surface area contributed by atoms with E-state index in [1.165, 1.54) is 32.4 Å². The van der Waals surface area contributed by atoms with Crippen LogP contribution >= 0.6 is 11.6 Å². The number of nitrogens with one attached hydrogen (secondary N) is 1. The topological polar surface area (TPSA) is 58.4 Å². The minimum absolute atomic E-state index is 0.131. The number of carbonyl (C=O) groups is 1. The summed E-state index contributed by atoms with van der Waals surface area (Å²) in [6.45, 7) is 4.11. The summed E-state index contributed by atoms with van der Waals surface area (Å²) in [7, 11) is 0. The first-order chi connectivity index (χ1) is 9.66. The lowest BCUT2D eigenvalue weighted by Crippen LogP contribution is -2.33. The van der Waals surface area contributed by atoms with Gasteiger partial charge in [-0.3, -0.25) is 4.79 Å². The Bertz CT molecular complexity index is 458. The molecule has 110 valence electrons. The average Bonchev–Trinajstić information content (AvgIpc) is 2.44. The molecular weight excluding hydrogens is 274 g/mol. The Morgan fingerprint density at radius 1 is 1.30 bits per heavy atom. The number of nitrogens with zero attached hydrogens (tertiary/aromatic N) is 1. The Kier molecular flexibility index (Phi) is 5.68. The van der Waals surface area contributed by atoms with Crippen LogP contribution in [0.4, 0.5) is 5.69 Å². The molecule has 1 aliphatic rings. The quantitative estimate of drug-likeness (QED) is 0.648. The number of hydrogen-bond acceptors (Lipinski definition) is 3.